The van der Waals surface area contributed by atoms with Crippen LogP contribution in [0.25, 0.3) is 11.1 Å². The van der Waals surface area contributed by atoms with E-state index >= 15 is 0 Å². The fourth-order valence-electron chi connectivity index (χ4n) is 4.53. The van der Waals surface area contributed by atoms with Gasteiger partial charge in [0.05, 0.1) is 5.41 Å². The monoisotopic (exact) mass is 427 g/mol. The number of hydrogen-bond donors (Lipinski definition) is 1. The summed E-state index contributed by atoms with van der Waals surface area (Å²) in [7, 11) is 0. The summed E-state index contributed by atoms with van der Waals surface area (Å²) < 4.78 is 0. The van der Waals surface area contributed by atoms with Crippen molar-refractivity contribution in [1.29, 1.82) is 0 Å². The summed E-state index contributed by atoms with van der Waals surface area (Å²) in [6.45, 7) is 1.14. The van der Waals surface area contributed by atoms with E-state index in [-0.39, 0.29) is 11.8 Å². The first-order valence-electron chi connectivity index (χ1n) is 11.2. The summed E-state index contributed by atoms with van der Waals surface area (Å²) >= 11 is 0. The molecule has 0 radical (unpaired) electrons. The number of likely N-dealkylation sites (tertiary alicyclic amines) is 1. The molecule has 0 unspecified atom stereocenters. The second-order valence-electron chi connectivity index (χ2n) is 8.63. The van der Waals surface area contributed by atoms with Crippen molar-refractivity contribution >= 4 is 11.8 Å². The Kier molecular flexibility index (Phi) is 6.64. The summed E-state index contributed by atoms with van der Waals surface area (Å²) in [4.78, 5) is 31.3. The highest BCUT2D eigenvalue weighted by atomic mass is 16.2. The average molecular weight is 428 g/mol. The molecule has 164 valence electrons. The molecule has 0 aliphatic carbocycles. The normalized spacial score (nSPS) is 15.3. The van der Waals surface area contributed by atoms with Crippen molar-refractivity contribution in [2.75, 3.05) is 13.1 Å². The van der Waals surface area contributed by atoms with Crippen molar-refractivity contribution in [3.05, 3.63) is 90.3 Å². The van der Waals surface area contributed by atoms with Crippen LogP contribution in [0.4, 0.5) is 0 Å². The molecule has 1 aliphatic heterocycles. The lowest BCUT2D eigenvalue weighted by Crippen LogP contribution is -2.49. The van der Waals surface area contributed by atoms with Gasteiger partial charge in [0, 0.05) is 31.9 Å². The fourth-order valence-corrected chi connectivity index (χ4v) is 4.53. The number of aromatic nitrogens is 1. The lowest BCUT2D eigenvalue weighted by molar-refractivity contribution is -0.138. The molecule has 1 aliphatic rings. The van der Waals surface area contributed by atoms with Crippen molar-refractivity contribution in [2.45, 2.75) is 32.1 Å². The number of benzene rings is 2. The molecule has 2 heterocycles. The van der Waals surface area contributed by atoms with Crippen LogP contribution in [-0.4, -0.2) is 34.8 Å². The van der Waals surface area contributed by atoms with E-state index in [9.17, 15) is 9.59 Å². The highest BCUT2D eigenvalue weighted by Crippen LogP contribution is 2.36. The second kappa shape index (κ2) is 9.77. The highest BCUT2D eigenvalue weighted by molar-refractivity contribution is 5.82. The van der Waals surface area contributed by atoms with Gasteiger partial charge in [-0.1, -0.05) is 60.7 Å². The van der Waals surface area contributed by atoms with Crippen molar-refractivity contribution < 1.29 is 9.59 Å². The number of carbonyl (C=O) groups excluding carboxylic acids is 2. The van der Waals surface area contributed by atoms with Crippen LogP contribution in [0, 0.1) is 5.41 Å². The van der Waals surface area contributed by atoms with Crippen LogP contribution >= 0.6 is 0 Å². The fraction of sp³-hybridized carbons (Fsp3) is 0.296. The minimum absolute atomic E-state index is 0.144. The van der Waals surface area contributed by atoms with Crippen molar-refractivity contribution in [3.8, 4) is 11.1 Å². The van der Waals surface area contributed by atoms with E-state index in [2.05, 4.69) is 11.1 Å². The van der Waals surface area contributed by atoms with Crippen molar-refractivity contribution in [2.24, 2.45) is 11.1 Å². The Hall–Kier alpha value is -3.47. The number of carbonyl (C=O) groups is 2. The Morgan fingerprint density at radius 1 is 0.906 bits per heavy atom. The van der Waals surface area contributed by atoms with E-state index in [0.29, 0.717) is 38.8 Å². The van der Waals surface area contributed by atoms with Gasteiger partial charge in [-0.3, -0.25) is 14.6 Å². The molecule has 1 fully saturated rings. The van der Waals surface area contributed by atoms with Crippen LogP contribution in [0.3, 0.4) is 0 Å². The molecule has 2 amide bonds. The number of aryl methyl sites for hydroxylation is 1. The molecule has 1 aromatic heterocycles. The van der Waals surface area contributed by atoms with Crippen LogP contribution in [0.5, 0.6) is 0 Å². The average Bonchev–Trinajstić information content (AvgIpc) is 2.84. The van der Waals surface area contributed by atoms with Crippen LogP contribution in [0.1, 0.15) is 30.4 Å². The van der Waals surface area contributed by atoms with E-state index in [4.69, 9.17) is 5.73 Å². The topological polar surface area (TPSA) is 76.3 Å². The molecule has 4 rings (SSSR count). The Morgan fingerprint density at radius 2 is 1.62 bits per heavy atom. The van der Waals surface area contributed by atoms with Gasteiger partial charge in [0.25, 0.3) is 0 Å². The van der Waals surface area contributed by atoms with E-state index in [1.165, 1.54) is 0 Å². The molecule has 0 atom stereocenters. The molecule has 32 heavy (non-hydrogen) atoms. The number of rotatable bonds is 7. The minimum atomic E-state index is -0.621. The Bertz CT molecular complexity index is 1060. The molecular weight excluding hydrogens is 398 g/mol. The quantitative estimate of drug-likeness (QED) is 0.619. The minimum Gasteiger partial charge on any atom is -0.369 e. The lowest BCUT2D eigenvalue weighted by atomic mass is 9.73. The maximum Gasteiger partial charge on any atom is 0.224 e. The summed E-state index contributed by atoms with van der Waals surface area (Å²) in [6.07, 6.45) is 6.58. The van der Waals surface area contributed by atoms with Gasteiger partial charge in [0.15, 0.2) is 0 Å². The van der Waals surface area contributed by atoms with E-state index in [1.807, 2.05) is 71.8 Å². The number of piperidine rings is 1. The number of nitrogens with two attached hydrogens (primary N) is 1. The van der Waals surface area contributed by atoms with Gasteiger partial charge in [-0.25, -0.2) is 0 Å². The molecular formula is C27H29N3O2. The van der Waals surface area contributed by atoms with Crippen LogP contribution in [0.2, 0.25) is 0 Å². The lowest BCUT2D eigenvalue weighted by Gasteiger charge is -2.40. The van der Waals surface area contributed by atoms with Crippen LogP contribution in [0.15, 0.2) is 79.1 Å². The highest BCUT2D eigenvalue weighted by Gasteiger charge is 2.40. The Morgan fingerprint density at radius 3 is 2.31 bits per heavy atom. The first-order valence-corrected chi connectivity index (χ1v) is 11.2. The molecule has 1 saturated heterocycles. The molecule has 3 aromatic rings. The summed E-state index contributed by atoms with van der Waals surface area (Å²) in [5, 5.41) is 0. The third-order valence-electron chi connectivity index (χ3n) is 6.53. The second-order valence-corrected chi connectivity index (χ2v) is 8.63. The molecule has 0 saturated carbocycles. The molecule has 5 nitrogen and oxygen atoms in total. The molecule has 0 spiro atoms. The Labute approximate surface area is 189 Å². The third-order valence-corrected chi connectivity index (χ3v) is 6.53. The largest absolute Gasteiger partial charge is 0.369 e. The zero-order valence-corrected chi connectivity index (χ0v) is 18.2. The van der Waals surface area contributed by atoms with Crippen molar-refractivity contribution in [1.82, 2.24) is 9.88 Å². The van der Waals surface area contributed by atoms with Crippen LogP contribution < -0.4 is 5.73 Å². The molecule has 0 bridgehead atoms. The number of hydrogen-bond acceptors (Lipinski definition) is 3. The zero-order chi connectivity index (χ0) is 22.4. The first kappa shape index (κ1) is 21.8. The van der Waals surface area contributed by atoms with E-state index < -0.39 is 5.41 Å². The van der Waals surface area contributed by atoms with Gasteiger partial charge < -0.3 is 10.6 Å². The van der Waals surface area contributed by atoms with E-state index in [1.54, 1.807) is 6.20 Å². The SMILES string of the molecule is NC(=O)C1(Cc2cccc(-c3cccnc3)c2)CCN(C(=O)CCc2ccccc2)CC1. The first-order chi connectivity index (χ1) is 15.6. The van der Waals surface area contributed by atoms with E-state index in [0.717, 1.165) is 28.7 Å². The van der Waals surface area contributed by atoms with Crippen molar-refractivity contribution in [3.63, 3.8) is 0 Å². The standard InChI is InChI=1S/C27H29N3O2/c28-26(32)27(19-22-8-4-9-23(18-22)24-10-5-15-29-20-24)13-16-30(17-14-27)25(31)12-11-21-6-2-1-3-7-21/h1-10,15,18,20H,11-14,16-17,19H2,(H2,28,32). The van der Waals surface area contributed by atoms with Gasteiger partial charge in [-0.2, -0.15) is 0 Å². The summed E-state index contributed by atoms with van der Waals surface area (Å²) in [6, 6.07) is 22.2. The third kappa shape index (κ3) is 5.05. The molecule has 2 aromatic carbocycles. The summed E-state index contributed by atoms with van der Waals surface area (Å²) in [5.41, 5.74) is 9.64. The maximum atomic E-state index is 12.7. The zero-order valence-electron chi connectivity index (χ0n) is 18.2. The Balaban J connectivity index is 1.40. The predicted molar refractivity (Wildman–Crippen MR) is 126 cm³/mol. The maximum absolute atomic E-state index is 12.7. The number of pyridine rings is 1. The van der Waals surface area contributed by atoms with Gasteiger partial charge >= 0.3 is 0 Å². The van der Waals surface area contributed by atoms with Crippen LogP contribution in [-0.2, 0) is 22.4 Å². The summed E-state index contributed by atoms with van der Waals surface area (Å²) in [5.74, 6) is -0.133. The number of nitrogens with zero attached hydrogens (tertiary/aromatic N) is 2. The molecule has 5 heteroatoms. The number of primary amides is 1. The predicted octanol–water partition coefficient (Wildman–Crippen LogP) is 4.02. The smallest absolute Gasteiger partial charge is 0.224 e. The van der Waals surface area contributed by atoms with Gasteiger partial charge in [-0.15, -0.1) is 0 Å². The number of amides is 2. The van der Waals surface area contributed by atoms with Gasteiger partial charge in [-0.05, 0) is 54.0 Å². The van der Waals surface area contributed by atoms with Gasteiger partial charge in [0.2, 0.25) is 11.8 Å². The van der Waals surface area contributed by atoms with Gasteiger partial charge in [0.1, 0.15) is 0 Å². The molecule has 2 N–H and O–H groups in total.